The monoisotopic (exact) mass is 338 g/mol. The van der Waals surface area contributed by atoms with Gasteiger partial charge in [0.2, 0.25) is 0 Å². The molecule has 2 rings (SSSR count). The number of rotatable bonds is 5. The molecule has 3 nitrogen and oxygen atoms in total. The molecule has 0 bridgehead atoms. The van der Waals surface area contributed by atoms with Crippen molar-refractivity contribution in [2.75, 3.05) is 21.3 Å². The van der Waals surface area contributed by atoms with Crippen LogP contribution in [0, 0.1) is 0 Å². The molecular formula is C16H19BrO3. The predicted octanol–water partition coefficient (Wildman–Crippen LogP) is 4.08. The van der Waals surface area contributed by atoms with E-state index in [1.807, 2.05) is 25.1 Å². The lowest BCUT2D eigenvalue weighted by Crippen LogP contribution is -2.34. The van der Waals surface area contributed by atoms with E-state index in [1.54, 1.807) is 21.3 Å². The Morgan fingerprint density at radius 1 is 1.00 bits per heavy atom. The third kappa shape index (κ3) is 2.55. The van der Waals surface area contributed by atoms with Gasteiger partial charge in [0.05, 0.1) is 7.11 Å². The first kappa shape index (κ1) is 15.3. The average molecular weight is 339 g/mol. The summed E-state index contributed by atoms with van der Waals surface area (Å²) >= 11 is 3.76. The van der Waals surface area contributed by atoms with Gasteiger partial charge in [-0.2, -0.15) is 0 Å². The average Bonchev–Trinajstić information content (AvgIpc) is 2.46. The number of fused-ring (bicyclic) bond motifs is 1. The van der Waals surface area contributed by atoms with Crippen LogP contribution in [0.1, 0.15) is 12.5 Å². The Bertz CT molecular complexity index is 591. The molecule has 2 aromatic rings. The standard InChI is InChI=1S/C16H19BrO3/c1-16(17,15(19-3)20-4)14-12-8-6-5-7-11(12)9-10-13(14)18-2/h5-10,15H,1-4H3. The molecular weight excluding hydrogens is 320 g/mol. The summed E-state index contributed by atoms with van der Waals surface area (Å²) in [5, 5.41) is 2.27. The highest BCUT2D eigenvalue weighted by atomic mass is 79.9. The number of alkyl halides is 1. The normalized spacial score (nSPS) is 14.5. The molecule has 0 saturated carbocycles. The van der Waals surface area contributed by atoms with Gasteiger partial charge in [-0.1, -0.05) is 46.3 Å². The van der Waals surface area contributed by atoms with E-state index in [9.17, 15) is 0 Å². The van der Waals surface area contributed by atoms with Gasteiger partial charge in [-0.3, -0.25) is 0 Å². The van der Waals surface area contributed by atoms with Crippen LogP contribution in [-0.4, -0.2) is 27.6 Å². The molecule has 0 saturated heterocycles. The van der Waals surface area contributed by atoms with Gasteiger partial charge in [-0.05, 0) is 23.8 Å². The first-order valence-corrected chi connectivity index (χ1v) is 7.16. The highest BCUT2D eigenvalue weighted by Crippen LogP contribution is 2.44. The molecule has 0 N–H and O–H groups in total. The summed E-state index contributed by atoms with van der Waals surface area (Å²) in [4.78, 5) is 0. The number of ether oxygens (including phenoxy) is 3. The summed E-state index contributed by atoms with van der Waals surface area (Å²) < 4.78 is 15.9. The van der Waals surface area contributed by atoms with E-state index in [2.05, 4.69) is 34.1 Å². The second kappa shape index (κ2) is 6.12. The maximum absolute atomic E-state index is 5.54. The zero-order chi connectivity index (χ0) is 14.8. The number of hydrogen-bond acceptors (Lipinski definition) is 3. The van der Waals surface area contributed by atoms with E-state index in [0.29, 0.717) is 0 Å². The van der Waals surface area contributed by atoms with E-state index < -0.39 is 10.6 Å². The Kier molecular flexibility index (Phi) is 4.68. The van der Waals surface area contributed by atoms with Crippen LogP contribution < -0.4 is 4.74 Å². The lowest BCUT2D eigenvalue weighted by atomic mass is 9.93. The Balaban J connectivity index is 2.73. The number of halogens is 1. The van der Waals surface area contributed by atoms with Gasteiger partial charge in [0.25, 0.3) is 0 Å². The summed E-state index contributed by atoms with van der Waals surface area (Å²) in [7, 11) is 4.93. The van der Waals surface area contributed by atoms with Crippen molar-refractivity contribution in [3.63, 3.8) is 0 Å². The zero-order valence-corrected chi connectivity index (χ0v) is 13.7. The van der Waals surface area contributed by atoms with Crippen molar-refractivity contribution in [2.45, 2.75) is 17.5 Å². The number of benzene rings is 2. The molecule has 0 aromatic heterocycles. The summed E-state index contributed by atoms with van der Waals surface area (Å²) in [6, 6.07) is 12.2. The molecule has 0 aliphatic rings. The zero-order valence-electron chi connectivity index (χ0n) is 12.1. The van der Waals surface area contributed by atoms with Gasteiger partial charge in [-0.15, -0.1) is 0 Å². The van der Waals surface area contributed by atoms with Gasteiger partial charge in [0.15, 0.2) is 6.29 Å². The van der Waals surface area contributed by atoms with Gasteiger partial charge < -0.3 is 14.2 Å². The molecule has 4 heteroatoms. The minimum absolute atomic E-state index is 0.429. The molecule has 0 heterocycles. The highest BCUT2D eigenvalue weighted by molar-refractivity contribution is 9.09. The lowest BCUT2D eigenvalue weighted by molar-refractivity contribution is -0.122. The van der Waals surface area contributed by atoms with E-state index >= 15 is 0 Å². The summed E-state index contributed by atoms with van der Waals surface area (Å²) in [5.74, 6) is 0.808. The van der Waals surface area contributed by atoms with E-state index in [1.165, 1.54) is 0 Å². The first-order chi connectivity index (χ1) is 9.56. The Morgan fingerprint density at radius 2 is 1.65 bits per heavy atom. The molecule has 2 aromatic carbocycles. The molecule has 108 valence electrons. The van der Waals surface area contributed by atoms with Crippen molar-refractivity contribution < 1.29 is 14.2 Å². The van der Waals surface area contributed by atoms with Crippen molar-refractivity contribution in [3.05, 3.63) is 42.0 Å². The van der Waals surface area contributed by atoms with Crippen LogP contribution in [0.15, 0.2) is 36.4 Å². The van der Waals surface area contributed by atoms with Crippen LogP contribution in [-0.2, 0) is 13.8 Å². The van der Waals surface area contributed by atoms with Crippen molar-refractivity contribution in [3.8, 4) is 5.75 Å². The van der Waals surface area contributed by atoms with Crippen molar-refractivity contribution >= 4 is 26.7 Å². The van der Waals surface area contributed by atoms with Crippen molar-refractivity contribution in [2.24, 2.45) is 0 Å². The van der Waals surface area contributed by atoms with Gasteiger partial charge in [-0.25, -0.2) is 0 Å². The third-order valence-corrected chi connectivity index (χ3v) is 4.24. The van der Waals surface area contributed by atoms with Gasteiger partial charge in [0.1, 0.15) is 10.1 Å². The largest absolute Gasteiger partial charge is 0.496 e. The maximum atomic E-state index is 5.54. The van der Waals surface area contributed by atoms with E-state index in [4.69, 9.17) is 14.2 Å². The van der Waals surface area contributed by atoms with Crippen LogP contribution in [0.5, 0.6) is 5.75 Å². The molecule has 0 fully saturated rings. The molecule has 20 heavy (non-hydrogen) atoms. The van der Waals surface area contributed by atoms with Crippen LogP contribution >= 0.6 is 15.9 Å². The molecule has 0 spiro atoms. The predicted molar refractivity (Wildman–Crippen MR) is 84.6 cm³/mol. The SMILES string of the molecule is COc1ccc2ccccc2c1C(C)(Br)C(OC)OC. The molecule has 0 radical (unpaired) electrons. The quantitative estimate of drug-likeness (QED) is 0.607. The van der Waals surface area contributed by atoms with Crippen LogP contribution in [0.2, 0.25) is 0 Å². The van der Waals surface area contributed by atoms with Gasteiger partial charge >= 0.3 is 0 Å². The fraction of sp³-hybridized carbons (Fsp3) is 0.375. The second-order valence-electron chi connectivity index (χ2n) is 4.74. The summed E-state index contributed by atoms with van der Waals surface area (Å²) in [6.07, 6.45) is -0.429. The maximum Gasteiger partial charge on any atom is 0.175 e. The topological polar surface area (TPSA) is 27.7 Å². The second-order valence-corrected chi connectivity index (χ2v) is 6.39. The highest BCUT2D eigenvalue weighted by Gasteiger charge is 2.37. The molecule has 1 atom stereocenters. The molecule has 1 unspecified atom stereocenters. The van der Waals surface area contributed by atoms with Crippen molar-refractivity contribution in [1.29, 1.82) is 0 Å². The van der Waals surface area contributed by atoms with Crippen LogP contribution in [0.3, 0.4) is 0 Å². The van der Waals surface area contributed by atoms with Crippen LogP contribution in [0.25, 0.3) is 10.8 Å². The van der Waals surface area contributed by atoms with Crippen molar-refractivity contribution in [1.82, 2.24) is 0 Å². The van der Waals surface area contributed by atoms with E-state index in [0.717, 1.165) is 22.1 Å². The summed E-state index contributed by atoms with van der Waals surface area (Å²) in [5.41, 5.74) is 1.02. The van der Waals surface area contributed by atoms with E-state index in [-0.39, 0.29) is 0 Å². The smallest absolute Gasteiger partial charge is 0.175 e. The fourth-order valence-electron chi connectivity index (χ4n) is 2.58. The number of hydrogen-bond donors (Lipinski definition) is 0. The fourth-order valence-corrected chi connectivity index (χ4v) is 3.37. The minimum Gasteiger partial charge on any atom is -0.496 e. The Morgan fingerprint density at radius 3 is 2.25 bits per heavy atom. The van der Waals surface area contributed by atoms with Crippen LogP contribution in [0.4, 0.5) is 0 Å². The minimum atomic E-state index is -0.525. The third-order valence-electron chi connectivity index (χ3n) is 3.47. The van der Waals surface area contributed by atoms with Gasteiger partial charge in [0, 0.05) is 19.8 Å². The molecule has 0 amide bonds. The molecule has 0 aliphatic carbocycles. The first-order valence-electron chi connectivity index (χ1n) is 6.37. The number of methoxy groups -OCH3 is 3. The Hall–Kier alpha value is -1.10. The Labute approximate surface area is 128 Å². The summed E-state index contributed by atoms with van der Waals surface area (Å²) in [6.45, 7) is 2.02. The lowest BCUT2D eigenvalue weighted by Gasteiger charge is -2.32. The molecule has 0 aliphatic heterocycles.